The van der Waals surface area contributed by atoms with Crippen LogP contribution in [0.15, 0.2) is 28.2 Å². The van der Waals surface area contributed by atoms with Gasteiger partial charge in [0, 0.05) is 44.3 Å². The fourth-order valence-corrected chi connectivity index (χ4v) is 3.55. The molecule has 1 saturated heterocycles. The van der Waals surface area contributed by atoms with Gasteiger partial charge in [-0.3, -0.25) is 4.90 Å². The van der Waals surface area contributed by atoms with Crippen LogP contribution < -0.4 is 4.90 Å². The van der Waals surface area contributed by atoms with Crippen LogP contribution in [-0.4, -0.2) is 41.0 Å². The van der Waals surface area contributed by atoms with Gasteiger partial charge in [-0.05, 0) is 35.0 Å². The van der Waals surface area contributed by atoms with E-state index in [1.807, 2.05) is 18.3 Å². The van der Waals surface area contributed by atoms with Gasteiger partial charge in [-0.25, -0.2) is 9.97 Å². The van der Waals surface area contributed by atoms with E-state index in [0.29, 0.717) is 0 Å². The number of thiazole rings is 1. The Bertz CT molecular complexity index is 578. The summed E-state index contributed by atoms with van der Waals surface area (Å²) in [5.41, 5.74) is 1.19. The number of nitrogens with zero attached hydrogens (tertiary/aromatic N) is 4. The molecule has 0 unspecified atom stereocenters. The highest BCUT2D eigenvalue weighted by Crippen LogP contribution is 2.24. The molecule has 6 heteroatoms. The summed E-state index contributed by atoms with van der Waals surface area (Å²) in [6.45, 7) is 7.16. The van der Waals surface area contributed by atoms with Gasteiger partial charge >= 0.3 is 0 Å². The average Bonchev–Trinajstić information content (AvgIpc) is 2.86. The molecule has 2 aromatic heterocycles. The lowest BCUT2D eigenvalue weighted by Gasteiger charge is -2.35. The largest absolute Gasteiger partial charge is 0.353 e. The smallest absolute Gasteiger partial charge is 0.142 e. The molecule has 106 valence electrons. The van der Waals surface area contributed by atoms with Gasteiger partial charge in [0.2, 0.25) is 0 Å². The molecule has 3 heterocycles. The Balaban J connectivity index is 1.58. The summed E-state index contributed by atoms with van der Waals surface area (Å²) in [5.74, 6) is 1.05. The van der Waals surface area contributed by atoms with Crippen LogP contribution in [0.5, 0.6) is 0 Å². The van der Waals surface area contributed by atoms with E-state index in [0.717, 1.165) is 48.0 Å². The number of rotatable bonds is 3. The number of halogens is 1. The molecule has 0 radical (unpaired) electrons. The van der Waals surface area contributed by atoms with Crippen molar-refractivity contribution in [3.05, 3.63) is 38.9 Å². The summed E-state index contributed by atoms with van der Waals surface area (Å²) in [6.07, 6.45) is 1.85. The van der Waals surface area contributed by atoms with Crippen molar-refractivity contribution in [1.29, 1.82) is 0 Å². The lowest BCUT2D eigenvalue weighted by atomic mass is 10.3. The van der Waals surface area contributed by atoms with Crippen molar-refractivity contribution in [3.63, 3.8) is 0 Å². The summed E-state index contributed by atoms with van der Waals surface area (Å²) in [7, 11) is 0. The van der Waals surface area contributed by atoms with E-state index in [9.17, 15) is 0 Å². The fourth-order valence-electron chi connectivity index (χ4n) is 2.44. The van der Waals surface area contributed by atoms with E-state index in [1.54, 1.807) is 11.3 Å². The standard InChI is InChI=1S/C14H17BrN4S/c1-11-17-12(10-20-11)9-18-5-7-19(8-6-18)14-13(15)3-2-4-16-14/h2-4,10H,5-9H2,1H3. The monoisotopic (exact) mass is 352 g/mol. The topological polar surface area (TPSA) is 32.3 Å². The minimum Gasteiger partial charge on any atom is -0.353 e. The second-order valence-electron chi connectivity index (χ2n) is 4.93. The van der Waals surface area contributed by atoms with Gasteiger partial charge in [0.25, 0.3) is 0 Å². The van der Waals surface area contributed by atoms with Crippen molar-refractivity contribution in [2.24, 2.45) is 0 Å². The third-order valence-corrected chi connectivity index (χ3v) is 4.90. The summed E-state index contributed by atoms with van der Waals surface area (Å²) < 4.78 is 1.07. The molecule has 1 aliphatic heterocycles. The Morgan fingerprint density at radius 2 is 2.10 bits per heavy atom. The number of piperazine rings is 1. The van der Waals surface area contributed by atoms with Crippen molar-refractivity contribution < 1.29 is 0 Å². The van der Waals surface area contributed by atoms with Crippen LogP contribution in [0.1, 0.15) is 10.7 Å². The molecule has 0 aromatic carbocycles. The van der Waals surface area contributed by atoms with Crippen LogP contribution in [0.4, 0.5) is 5.82 Å². The molecular weight excluding hydrogens is 336 g/mol. The molecule has 0 bridgehead atoms. The van der Waals surface area contributed by atoms with E-state index in [2.05, 4.69) is 48.0 Å². The van der Waals surface area contributed by atoms with Crippen molar-refractivity contribution in [2.45, 2.75) is 13.5 Å². The average molecular weight is 353 g/mol. The Morgan fingerprint density at radius 3 is 2.75 bits per heavy atom. The number of hydrogen-bond donors (Lipinski definition) is 0. The number of aromatic nitrogens is 2. The summed E-state index contributed by atoms with van der Waals surface area (Å²) >= 11 is 5.31. The zero-order valence-corrected chi connectivity index (χ0v) is 13.8. The van der Waals surface area contributed by atoms with Gasteiger partial charge < -0.3 is 4.90 Å². The van der Waals surface area contributed by atoms with Crippen molar-refractivity contribution in [2.75, 3.05) is 31.1 Å². The normalized spacial score (nSPS) is 16.6. The van der Waals surface area contributed by atoms with Gasteiger partial charge in [-0.1, -0.05) is 0 Å². The van der Waals surface area contributed by atoms with Gasteiger partial charge in [-0.15, -0.1) is 11.3 Å². The molecule has 0 spiro atoms. The van der Waals surface area contributed by atoms with Gasteiger partial charge in [0.1, 0.15) is 5.82 Å². The quantitative estimate of drug-likeness (QED) is 0.849. The zero-order valence-electron chi connectivity index (χ0n) is 11.4. The van der Waals surface area contributed by atoms with E-state index < -0.39 is 0 Å². The molecule has 2 aromatic rings. The first-order chi connectivity index (χ1) is 9.72. The Morgan fingerprint density at radius 1 is 1.30 bits per heavy atom. The minimum atomic E-state index is 0.960. The van der Waals surface area contributed by atoms with Crippen molar-refractivity contribution >= 4 is 33.1 Å². The lowest BCUT2D eigenvalue weighted by Crippen LogP contribution is -2.46. The summed E-state index contributed by atoms with van der Waals surface area (Å²) in [6, 6.07) is 4.00. The maximum Gasteiger partial charge on any atom is 0.142 e. The highest BCUT2D eigenvalue weighted by molar-refractivity contribution is 9.10. The SMILES string of the molecule is Cc1nc(CN2CCN(c3ncccc3Br)CC2)cs1. The van der Waals surface area contributed by atoms with Gasteiger partial charge in [0.15, 0.2) is 0 Å². The highest BCUT2D eigenvalue weighted by atomic mass is 79.9. The number of pyridine rings is 1. The first kappa shape index (κ1) is 14.0. The predicted molar refractivity (Wildman–Crippen MR) is 86.3 cm³/mol. The second kappa shape index (κ2) is 6.20. The van der Waals surface area contributed by atoms with Crippen LogP contribution >= 0.6 is 27.3 Å². The van der Waals surface area contributed by atoms with Crippen LogP contribution in [0, 0.1) is 6.92 Å². The summed E-state index contributed by atoms with van der Waals surface area (Å²) in [4.78, 5) is 13.8. The minimum absolute atomic E-state index is 0.960. The third-order valence-electron chi connectivity index (χ3n) is 3.46. The molecule has 0 aliphatic carbocycles. The molecule has 1 aliphatic rings. The van der Waals surface area contributed by atoms with Crippen molar-refractivity contribution in [3.8, 4) is 0 Å². The maximum atomic E-state index is 4.54. The second-order valence-corrected chi connectivity index (χ2v) is 6.85. The van der Waals surface area contributed by atoms with Crippen LogP contribution in [0.3, 0.4) is 0 Å². The highest BCUT2D eigenvalue weighted by Gasteiger charge is 2.20. The molecule has 1 fully saturated rings. The Labute approximate surface area is 131 Å². The molecule has 0 atom stereocenters. The van der Waals surface area contributed by atoms with E-state index in [4.69, 9.17) is 0 Å². The summed E-state index contributed by atoms with van der Waals surface area (Å²) in [5, 5.41) is 3.31. The lowest BCUT2D eigenvalue weighted by molar-refractivity contribution is 0.247. The molecule has 0 N–H and O–H groups in total. The molecule has 0 amide bonds. The van der Waals surface area contributed by atoms with Gasteiger partial charge in [0.05, 0.1) is 15.2 Å². The molecule has 4 nitrogen and oxygen atoms in total. The third kappa shape index (κ3) is 3.19. The first-order valence-corrected chi connectivity index (χ1v) is 8.38. The number of aryl methyl sites for hydroxylation is 1. The molecule has 20 heavy (non-hydrogen) atoms. The Kier molecular flexibility index (Phi) is 4.33. The van der Waals surface area contributed by atoms with Gasteiger partial charge in [-0.2, -0.15) is 0 Å². The maximum absolute atomic E-state index is 4.54. The predicted octanol–water partition coefficient (Wildman–Crippen LogP) is 2.93. The molecule has 0 saturated carbocycles. The number of hydrogen-bond acceptors (Lipinski definition) is 5. The first-order valence-electron chi connectivity index (χ1n) is 6.71. The molecule has 3 rings (SSSR count). The van der Waals surface area contributed by atoms with Crippen LogP contribution in [-0.2, 0) is 6.54 Å². The Hall–Kier alpha value is -0.980. The zero-order chi connectivity index (χ0) is 13.9. The van der Waals surface area contributed by atoms with E-state index in [1.165, 1.54) is 5.69 Å². The number of anilines is 1. The molecular formula is C14H17BrN4S. The van der Waals surface area contributed by atoms with E-state index in [-0.39, 0.29) is 0 Å². The van der Waals surface area contributed by atoms with Crippen LogP contribution in [0.2, 0.25) is 0 Å². The van der Waals surface area contributed by atoms with E-state index >= 15 is 0 Å². The van der Waals surface area contributed by atoms with Crippen LogP contribution in [0.25, 0.3) is 0 Å². The van der Waals surface area contributed by atoms with Crippen molar-refractivity contribution in [1.82, 2.24) is 14.9 Å². The fraction of sp³-hybridized carbons (Fsp3) is 0.429.